The van der Waals surface area contributed by atoms with E-state index >= 15 is 0 Å². The van der Waals surface area contributed by atoms with Crippen LogP contribution in [-0.2, 0) is 11.2 Å². The van der Waals surface area contributed by atoms with Crippen molar-refractivity contribution in [3.05, 3.63) is 144 Å². The zero-order chi connectivity index (χ0) is 27.0. The number of nitrogens with one attached hydrogen (secondary N) is 3. The standard InChI is InChI=1S/C34H31N3O2/c1-24-16-17-28(22-31(24)34(39)37-36-30-19-18-26-12-8-9-13-27(26)21-30)32(20-25-10-4-2-5-11-25)33(38)23-35-29-14-6-3-7-15-29/h2-19,21-22,32,35-36H,20,23H2,1H3,(H,37,39)/t32-/m0/s1. The molecular weight excluding hydrogens is 482 g/mol. The van der Waals surface area contributed by atoms with E-state index in [1.807, 2.05) is 122 Å². The predicted octanol–water partition coefficient (Wildman–Crippen LogP) is 6.91. The van der Waals surface area contributed by atoms with Gasteiger partial charge in [0.15, 0.2) is 5.78 Å². The summed E-state index contributed by atoms with van der Waals surface area (Å²) in [4.78, 5) is 26.8. The van der Waals surface area contributed by atoms with Gasteiger partial charge in [-0.3, -0.25) is 20.4 Å². The molecule has 0 aliphatic carbocycles. The fraction of sp³-hybridized carbons (Fsp3) is 0.118. The van der Waals surface area contributed by atoms with E-state index in [9.17, 15) is 9.59 Å². The second-order valence-electron chi connectivity index (χ2n) is 9.64. The molecule has 0 spiro atoms. The number of hydrazine groups is 1. The summed E-state index contributed by atoms with van der Waals surface area (Å²) in [5, 5.41) is 5.46. The van der Waals surface area contributed by atoms with Gasteiger partial charge in [0.2, 0.25) is 0 Å². The minimum Gasteiger partial charge on any atom is -0.378 e. The Morgan fingerprint density at radius 3 is 2.15 bits per heavy atom. The van der Waals surface area contributed by atoms with Gasteiger partial charge >= 0.3 is 0 Å². The van der Waals surface area contributed by atoms with Gasteiger partial charge in [-0.25, -0.2) is 0 Å². The number of Topliss-reactive ketones (excluding diaryl/α,β-unsaturated/α-hetero) is 1. The first-order valence-electron chi connectivity index (χ1n) is 13.1. The first kappa shape index (κ1) is 25.7. The van der Waals surface area contributed by atoms with Crippen molar-refractivity contribution < 1.29 is 9.59 Å². The zero-order valence-corrected chi connectivity index (χ0v) is 21.9. The van der Waals surface area contributed by atoms with Crippen LogP contribution in [0.1, 0.15) is 33.0 Å². The van der Waals surface area contributed by atoms with E-state index in [0.29, 0.717) is 12.0 Å². The molecule has 0 saturated carbocycles. The van der Waals surface area contributed by atoms with Crippen molar-refractivity contribution in [1.82, 2.24) is 5.43 Å². The number of carbonyl (C=O) groups is 2. The fourth-order valence-electron chi connectivity index (χ4n) is 4.70. The van der Waals surface area contributed by atoms with Crippen LogP contribution in [0.4, 0.5) is 11.4 Å². The molecule has 0 aliphatic heterocycles. The number of ketones is 1. The molecule has 1 atom stereocenters. The van der Waals surface area contributed by atoms with Crippen LogP contribution in [0, 0.1) is 6.92 Å². The fourth-order valence-corrected chi connectivity index (χ4v) is 4.70. The lowest BCUT2D eigenvalue weighted by atomic mass is 9.86. The smallest absolute Gasteiger partial charge is 0.269 e. The van der Waals surface area contributed by atoms with Gasteiger partial charge < -0.3 is 5.32 Å². The molecule has 5 heteroatoms. The number of aryl methyl sites for hydroxylation is 1. The zero-order valence-electron chi connectivity index (χ0n) is 21.9. The topological polar surface area (TPSA) is 70.2 Å². The Hall–Kier alpha value is -4.90. The molecule has 0 unspecified atom stereocenters. The molecule has 3 N–H and O–H groups in total. The molecule has 0 fully saturated rings. The van der Waals surface area contributed by atoms with Crippen molar-refractivity contribution in [1.29, 1.82) is 0 Å². The van der Waals surface area contributed by atoms with E-state index in [1.54, 1.807) is 0 Å². The van der Waals surface area contributed by atoms with Crippen LogP contribution in [0.3, 0.4) is 0 Å². The third-order valence-electron chi connectivity index (χ3n) is 6.89. The number of fused-ring (bicyclic) bond motifs is 1. The van der Waals surface area contributed by atoms with E-state index in [-0.39, 0.29) is 18.2 Å². The molecular formula is C34H31N3O2. The first-order valence-corrected chi connectivity index (χ1v) is 13.1. The van der Waals surface area contributed by atoms with Crippen LogP contribution < -0.4 is 16.2 Å². The molecule has 39 heavy (non-hydrogen) atoms. The van der Waals surface area contributed by atoms with Crippen LogP contribution in [0.2, 0.25) is 0 Å². The molecule has 0 aromatic heterocycles. The lowest BCUT2D eigenvalue weighted by Gasteiger charge is -2.19. The maximum atomic E-state index is 13.5. The van der Waals surface area contributed by atoms with Crippen LogP contribution in [0.5, 0.6) is 0 Å². The van der Waals surface area contributed by atoms with E-state index in [1.165, 1.54) is 0 Å². The molecule has 5 aromatic carbocycles. The van der Waals surface area contributed by atoms with Crippen molar-refractivity contribution in [2.75, 3.05) is 17.3 Å². The van der Waals surface area contributed by atoms with Gasteiger partial charge in [0.1, 0.15) is 0 Å². The summed E-state index contributed by atoms with van der Waals surface area (Å²) in [6, 6.07) is 39.4. The number of hydrogen-bond donors (Lipinski definition) is 3. The van der Waals surface area contributed by atoms with Crippen molar-refractivity contribution in [3.63, 3.8) is 0 Å². The number of benzene rings is 5. The average Bonchev–Trinajstić information content (AvgIpc) is 2.99. The Bertz CT molecular complexity index is 1580. The molecule has 0 radical (unpaired) electrons. The Balaban J connectivity index is 1.35. The normalized spacial score (nSPS) is 11.5. The van der Waals surface area contributed by atoms with Gasteiger partial charge in [0.05, 0.1) is 12.2 Å². The van der Waals surface area contributed by atoms with Crippen molar-refractivity contribution >= 4 is 33.8 Å². The summed E-state index contributed by atoms with van der Waals surface area (Å²) in [7, 11) is 0. The summed E-state index contributed by atoms with van der Waals surface area (Å²) < 4.78 is 0. The van der Waals surface area contributed by atoms with Gasteiger partial charge in [-0.2, -0.15) is 0 Å². The highest BCUT2D eigenvalue weighted by Crippen LogP contribution is 2.25. The number of hydrogen-bond acceptors (Lipinski definition) is 4. The summed E-state index contributed by atoms with van der Waals surface area (Å²) in [6.07, 6.45) is 0.551. The Labute approximate surface area is 228 Å². The second kappa shape index (κ2) is 12.1. The molecule has 0 saturated heterocycles. The summed E-state index contributed by atoms with van der Waals surface area (Å²) in [5.74, 6) is -0.591. The largest absolute Gasteiger partial charge is 0.378 e. The molecule has 5 nitrogen and oxygen atoms in total. The monoisotopic (exact) mass is 513 g/mol. The lowest BCUT2D eigenvalue weighted by Crippen LogP contribution is -2.30. The van der Waals surface area contributed by atoms with Gasteiger partial charge in [-0.05, 0) is 71.1 Å². The quantitative estimate of drug-likeness (QED) is 0.177. The van der Waals surface area contributed by atoms with Crippen LogP contribution in [0.15, 0.2) is 121 Å². The van der Waals surface area contributed by atoms with Gasteiger partial charge in [-0.1, -0.05) is 91.0 Å². The molecule has 194 valence electrons. The van der Waals surface area contributed by atoms with E-state index in [4.69, 9.17) is 0 Å². The number of rotatable bonds is 10. The van der Waals surface area contributed by atoms with E-state index in [0.717, 1.165) is 38.8 Å². The minimum atomic E-state index is -0.399. The van der Waals surface area contributed by atoms with E-state index in [2.05, 4.69) is 22.2 Å². The molecule has 5 rings (SSSR count). The Morgan fingerprint density at radius 2 is 1.38 bits per heavy atom. The molecule has 1 amide bonds. The van der Waals surface area contributed by atoms with Crippen LogP contribution in [0.25, 0.3) is 10.8 Å². The van der Waals surface area contributed by atoms with Gasteiger partial charge in [0, 0.05) is 17.2 Å². The highest BCUT2D eigenvalue weighted by atomic mass is 16.2. The average molecular weight is 514 g/mol. The van der Waals surface area contributed by atoms with Gasteiger partial charge in [-0.15, -0.1) is 0 Å². The first-order chi connectivity index (χ1) is 19.1. The SMILES string of the molecule is Cc1ccc([C@H](Cc2ccccc2)C(=O)CNc2ccccc2)cc1C(=O)NNc1ccc2ccccc2c1. The number of para-hydroxylation sites is 1. The van der Waals surface area contributed by atoms with Crippen molar-refractivity contribution in [2.24, 2.45) is 0 Å². The second-order valence-corrected chi connectivity index (χ2v) is 9.64. The molecule has 0 bridgehead atoms. The number of amides is 1. The molecule has 5 aromatic rings. The summed E-state index contributed by atoms with van der Waals surface area (Å²) >= 11 is 0. The summed E-state index contributed by atoms with van der Waals surface area (Å²) in [6.45, 7) is 2.10. The highest BCUT2D eigenvalue weighted by molar-refractivity contribution is 5.97. The maximum absolute atomic E-state index is 13.5. The van der Waals surface area contributed by atoms with E-state index < -0.39 is 5.92 Å². The molecule has 0 aliphatic rings. The van der Waals surface area contributed by atoms with Crippen LogP contribution in [-0.4, -0.2) is 18.2 Å². The van der Waals surface area contributed by atoms with Gasteiger partial charge in [0.25, 0.3) is 5.91 Å². The van der Waals surface area contributed by atoms with Crippen molar-refractivity contribution in [3.8, 4) is 0 Å². The minimum absolute atomic E-state index is 0.0622. The van der Waals surface area contributed by atoms with Crippen molar-refractivity contribution in [2.45, 2.75) is 19.3 Å². The third-order valence-corrected chi connectivity index (χ3v) is 6.89. The number of anilines is 2. The lowest BCUT2D eigenvalue weighted by molar-refractivity contribution is -0.118. The Kier molecular flexibility index (Phi) is 7.98. The number of carbonyl (C=O) groups excluding carboxylic acids is 2. The highest BCUT2D eigenvalue weighted by Gasteiger charge is 2.23. The Morgan fingerprint density at radius 1 is 0.692 bits per heavy atom. The summed E-state index contributed by atoms with van der Waals surface area (Å²) in [5.41, 5.74) is 10.8. The molecule has 0 heterocycles. The maximum Gasteiger partial charge on any atom is 0.269 e. The predicted molar refractivity (Wildman–Crippen MR) is 159 cm³/mol. The van der Waals surface area contributed by atoms with Crippen LogP contribution >= 0.6 is 0 Å². The third kappa shape index (κ3) is 6.51.